The molecule has 0 saturated carbocycles. The van der Waals surface area contributed by atoms with Gasteiger partial charge in [-0.2, -0.15) is 5.10 Å². The molecule has 0 bridgehead atoms. The molecule has 1 aromatic carbocycles. The standard InChI is InChI=1S/C16H23N3O/c1-3-19-12-14(11-18-19)8-13(10-17)9-15-6-4-5-7-16(15)20-2/h4-7,11-13H,3,8-10,17H2,1-2H3. The monoisotopic (exact) mass is 273 g/mol. The molecule has 2 N–H and O–H groups in total. The second-order valence-corrected chi connectivity index (χ2v) is 5.03. The highest BCUT2D eigenvalue weighted by molar-refractivity contribution is 5.33. The summed E-state index contributed by atoms with van der Waals surface area (Å²) in [5.41, 5.74) is 8.39. The number of benzene rings is 1. The first-order chi connectivity index (χ1) is 9.76. The lowest BCUT2D eigenvalue weighted by Crippen LogP contribution is -2.19. The van der Waals surface area contributed by atoms with Gasteiger partial charge >= 0.3 is 0 Å². The van der Waals surface area contributed by atoms with Crippen LogP contribution in [0.1, 0.15) is 18.1 Å². The third kappa shape index (κ3) is 3.61. The van der Waals surface area contributed by atoms with Crippen LogP contribution in [0.25, 0.3) is 0 Å². The molecule has 1 atom stereocenters. The van der Waals surface area contributed by atoms with E-state index in [1.54, 1.807) is 7.11 Å². The highest BCUT2D eigenvalue weighted by Gasteiger charge is 2.13. The predicted molar refractivity (Wildman–Crippen MR) is 80.8 cm³/mol. The van der Waals surface area contributed by atoms with Gasteiger partial charge in [0.15, 0.2) is 0 Å². The number of hydrogen-bond donors (Lipinski definition) is 1. The van der Waals surface area contributed by atoms with Gasteiger partial charge in [0, 0.05) is 12.7 Å². The highest BCUT2D eigenvalue weighted by Crippen LogP contribution is 2.22. The van der Waals surface area contributed by atoms with Crippen LogP contribution >= 0.6 is 0 Å². The highest BCUT2D eigenvalue weighted by atomic mass is 16.5. The minimum absolute atomic E-state index is 0.404. The number of ether oxygens (including phenoxy) is 1. The summed E-state index contributed by atoms with van der Waals surface area (Å²) in [6.07, 6.45) is 5.92. The molecular weight excluding hydrogens is 250 g/mol. The minimum atomic E-state index is 0.404. The number of nitrogens with zero attached hydrogens (tertiary/aromatic N) is 2. The molecular formula is C16H23N3O. The molecule has 2 rings (SSSR count). The average molecular weight is 273 g/mol. The number of hydrogen-bond acceptors (Lipinski definition) is 3. The van der Waals surface area contributed by atoms with E-state index in [0.29, 0.717) is 12.5 Å². The smallest absolute Gasteiger partial charge is 0.122 e. The number of para-hydroxylation sites is 1. The maximum Gasteiger partial charge on any atom is 0.122 e. The van der Waals surface area contributed by atoms with Crippen molar-refractivity contribution < 1.29 is 4.74 Å². The molecule has 108 valence electrons. The quantitative estimate of drug-likeness (QED) is 0.842. The molecule has 4 nitrogen and oxygen atoms in total. The first-order valence-electron chi connectivity index (χ1n) is 7.10. The normalized spacial score (nSPS) is 12.3. The third-order valence-electron chi connectivity index (χ3n) is 3.57. The SMILES string of the molecule is CCn1cc(CC(CN)Cc2ccccc2OC)cn1. The molecule has 0 spiro atoms. The Bertz CT molecular complexity index is 536. The van der Waals surface area contributed by atoms with Crippen LogP contribution in [0.15, 0.2) is 36.7 Å². The van der Waals surface area contributed by atoms with Crippen molar-refractivity contribution >= 4 is 0 Å². The van der Waals surface area contributed by atoms with Crippen LogP contribution in [0.2, 0.25) is 0 Å². The fraction of sp³-hybridized carbons (Fsp3) is 0.438. The summed E-state index contributed by atoms with van der Waals surface area (Å²) in [4.78, 5) is 0. The zero-order valence-corrected chi connectivity index (χ0v) is 12.2. The molecule has 0 aliphatic rings. The Morgan fingerprint density at radius 2 is 2.10 bits per heavy atom. The van der Waals surface area contributed by atoms with Crippen LogP contribution < -0.4 is 10.5 Å². The van der Waals surface area contributed by atoms with Crippen LogP contribution in [-0.2, 0) is 19.4 Å². The number of aromatic nitrogens is 2. The van der Waals surface area contributed by atoms with Gasteiger partial charge in [0.1, 0.15) is 5.75 Å². The molecule has 0 aliphatic heterocycles. The molecule has 1 aromatic heterocycles. The zero-order chi connectivity index (χ0) is 14.4. The second kappa shape index (κ2) is 7.10. The summed E-state index contributed by atoms with van der Waals surface area (Å²) >= 11 is 0. The van der Waals surface area contributed by atoms with E-state index in [4.69, 9.17) is 10.5 Å². The Labute approximate surface area is 120 Å². The van der Waals surface area contributed by atoms with Gasteiger partial charge in [-0.3, -0.25) is 4.68 Å². The van der Waals surface area contributed by atoms with Gasteiger partial charge in [0.05, 0.1) is 13.3 Å². The number of methoxy groups -OCH3 is 1. The van der Waals surface area contributed by atoms with Crippen molar-refractivity contribution in [1.29, 1.82) is 0 Å². The van der Waals surface area contributed by atoms with Gasteiger partial charge in [-0.15, -0.1) is 0 Å². The van der Waals surface area contributed by atoms with Crippen LogP contribution in [0.4, 0.5) is 0 Å². The molecule has 4 heteroatoms. The van der Waals surface area contributed by atoms with Gasteiger partial charge in [-0.05, 0) is 49.4 Å². The Morgan fingerprint density at radius 1 is 1.30 bits per heavy atom. The topological polar surface area (TPSA) is 53.1 Å². The lowest BCUT2D eigenvalue weighted by Gasteiger charge is -2.16. The zero-order valence-electron chi connectivity index (χ0n) is 12.2. The maximum atomic E-state index is 5.93. The van der Waals surface area contributed by atoms with E-state index >= 15 is 0 Å². The van der Waals surface area contributed by atoms with Gasteiger partial charge in [-0.1, -0.05) is 18.2 Å². The molecule has 1 unspecified atom stereocenters. The molecule has 1 heterocycles. The predicted octanol–water partition coefficient (Wildman–Crippen LogP) is 2.27. The van der Waals surface area contributed by atoms with Crippen molar-refractivity contribution in [2.45, 2.75) is 26.3 Å². The van der Waals surface area contributed by atoms with Gasteiger partial charge < -0.3 is 10.5 Å². The van der Waals surface area contributed by atoms with E-state index in [-0.39, 0.29) is 0 Å². The van der Waals surface area contributed by atoms with E-state index in [2.05, 4.69) is 24.3 Å². The van der Waals surface area contributed by atoms with Crippen LogP contribution in [0.3, 0.4) is 0 Å². The number of nitrogens with two attached hydrogens (primary N) is 1. The summed E-state index contributed by atoms with van der Waals surface area (Å²) in [6, 6.07) is 8.14. The van der Waals surface area contributed by atoms with E-state index in [9.17, 15) is 0 Å². The van der Waals surface area contributed by atoms with Crippen LogP contribution in [0, 0.1) is 5.92 Å². The number of aryl methyl sites for hydroxylation is 1. The van der Waals surface area contributed by atoms with Gasteiger partial charge in [-0.25, -0.2) is 0 Å². The van der Waals surface area contributed by atoms with E-state index < -0.39 is 0 Å². The fourth-order valence-corrected chi connectivity index (χ4v) is 2.44. The summed E-state index contributed by atoms with van der Waals surface area (Å²) in [6.45, 7) is 3.65. The van der Waals surface area contributed by atoms with Gasteiger partial charge in [0.25, 0.3) is 0 Å². The average Bonchev–Trinajstić information content (AvgIpc) is 2.94. The Kier molecular flexibility index (Phi) is 5.18. The van der Waals surface area contributed by atoms with Crippen molar-refractivity contribution in [3.8, 4) is 5.75 Å². The summed E-state index contributed by atoms with van der Waals surface area (Å²) in [5.74, 6) is 1.34. The van der Waals surface area contributed by atoms with E-state index in [0.717, 1.165) is 25.1 Å². The molecule has 0 saturated heterocycles. The number of rotatable bonds is 7. The van der Waals surface area contributed by atoms with Crippen molar-refractivity contribution in [2.24, 2.45) is 11.7 Å². The van der Waals surface area contributed by atoms with Crippen molar-refractivity contribution in [3.63, 3.8) is 0 Å². The van der Waals surface area contributed by atoms with Crippen molar-refractivity contribution in [1.82, 2.24) is 9.78 Å². The molecule has 0 fully saturated rings. The summed E-state index contributed by atoms with van der Waals surface area (Å²) in [5, 5.41) is 4.31. The maximum absolute atomic E-state index is 5.93. The van der Waals surface area contributed by atoms with E-state index in [1.165, 1.54) is 11.1 Å². The Hall–Kier alpha value is -1.81. The molecule has 20 heavy (non-hydrogen) atoms. The van der Waals surface area contributed by atoms with Crippen LogP contribution in [-0.4, -0.2) is 23.4 Å². The molecule has 0 radical (unpaired) electrons. The fourth-order valence-electron chi connectivity index (χ4n) is 2.44. The lowest BCUT2D eigenvalue weighted by molar-refractivity contribution is 0.404. The van der Waals surface area contributed by atoms with Gasteiger partial charge in [0.2, 0.25) is 0 Å². The second-order valence-electron chi connectivity index (χ2n) is 5.03. The third-order valence-corrected chi connectivity index (χ3v) is 3.57. The lowest BCUT2D eigenvalue weighted by atomic mass is 9.93. The Balaban J connectivity index is 2.05. The molecule has 0 amide bonds. The first kappa shape index (κ1) is 14.6. The van der Waals surface area contributed by atoms with E-state index in [1.807, 2.05) is 29.1 Å². The summed E-state index contributed by atoms with van der Waals surface area (Å²) in [7, 11) is 1.71. The first-order valence-corrected chi connectivity index (χ1v) is 7.10. The molecule has 0 aliphatic carbocycles. The van der Waals surface area contributed by atoms with Crippen LogP contribution in [0.5, 0.6) is 5.75 Å². The Morgan fingerprint density at radius 3 is 2.75 bits per heavy atom. The summed E-state index contributed by atoms with van der Waals surface area (Å²) < 4.78 is 7.36. The largest absolute Gasteiger partial charge is 0.496 e. The minimum Gasteiger partial charge on any atom is -0.496 e. The van der Waals surface area contributed by atoms with Crippen molar-refractivity contribution in [3.05, 3.63) is 47.8 Å². The van der Waals surface area contributed by atoms with Crippen molar-refractivity contribution in [2.75, 3.05) is 13.7 Å². The molecule has 2 aromatic rings.